The van der Waals surface area contributed by atoms with Crippen molar-refractivity contribution in [2.24, 2.45) is 0 Å². The lowest BCUT2D eigenvalue weighted by molar-refractivity contribution is -0.113. The first-order chi connectivity index (χ1) is 13.2. The molecule has 0 fully saturated rings. The van der Waals surface area contributed by atoms with Crippen molar-refractivity contribution >= 4 is 23.4 Å². The summed E-state index contributed by atoms with van der Waals surface area (Å²) in [5.41, 5.74) is 1.42. The Bertz CT molecular complexity index is 920. The number of nitrogens with zero attached hydrogens (tertiary/aromatic N) is 5. The number of hydrogen-bond donors (Lipinski definition) is 1. The number of nitrogens with one attached hydrogen (secondary N) is 1. The standard InChI is InChI=1S/C18H22N6O2S/c1-4-23-11-10-14(22-23)17-20-21-18(24(17)5-2)27-12-16(25)19-13-8-6-7-9-15(13)26-3/h6-11H,4-5,12H2,1-3H3,(H,19,25). The van der Waals surface area contributed by atoms with Gasteiger partial charge < -0.3 is 14.6 Å². The molecule has 8 nitrogen and oxygen atoms in total. The third-order valence-electron chi connectivity index (χ3n) is 3.94. The molecule has 0 saturated heterocycles. The van der Waals surface area contributed by atoms with E-state index in [-0.39, 0.29) is 11.7 Å². The van der Waals surface area contributed by atoms with Gasteiger partial charge in [0.15, 0.2) is 11.0 Å². The molecular weight excluding hydrogens is 364 g/mol. The molecule has 3 aromatic rings. The van der Waals surface area contributed by atoms with Gasteiger partial charge in [-0.15, -0.1) is 10.2 Å². The molecule has 0 aliphatic carbocycles. The number of aryl methyl sites for hydroxylation is 1. The van der Waals surface area contributed by atoms with Gasteiger partial charge in [0.1, 0.15) is 11.4 Å². The molecule has 2 aromatic heterocycles. The maximum absolute atomic E-state index is 12.3. The Kier molecular flexibility index (Phi) is 6.12. The van der Waals surface area contributed by atoms with E-state index in [2.05, 4.69) is 20.6 Å². The summed E-state index contributed by atoms with van der Waals surface area (Å²) in [4.78, 5) is 12.3. The van der Waals surface area contributed by atoms with Crippen LogP contribution in [-0.4, -0.2) is 43.3 Å². The van der Waals surface area contributed by atoms with E-state index < -0.39 is 0 Å². The normalized spacial score (nSPS) is 10.8. The summed E-state index contributed by atoms with van der Waals surface area (Å²) in [5, 5.41) is 16.5. The average Bonchev–Trinajstić information content (AvgIpc) is 3.32. The molecule has 1 amide bonds. The molecule has 142 valence electrons. The maximum Gasteiger partial charge on any atom is 0.234 e. The van der Waals surface area contributed by atoms with Gasteiger partial charge in [0, 0.05) is 19.3 Å². The molecule has 1 N–H and O–H groups in total. The Balaban J connectivity index is 1.68. The fraction of sp³-hybridized carbons (Fsp3) is 0.333. The van der Waals surface area contributed by atoms with E-state index in [9.17, 15) is 4.79 Å². The summed E-state index contributed by atoms with van der Waals surface area (Å²) >= 11 is 1.34. The minimum atomic E-state index is -0.132. The number of methoxy groups -OCH3 is 1. The zero-order valence-electron chi connectivity index (χ0n) is 15.5. The number of rotatable bonds is 8. The summed E-state index contributed by atoms with van der Waals surface area (Å²) in [5.74, 6) is 1.42. The summed E-state index contributed by atoms with van der Waals surface area (Å²) in [7, 11) is 1.57. The lowest BCUT2D eigenvalue weighted by Gasteiger charge is -2.10. The Morgan fingerprint density at radius 2 is 2.00 bits per heavy atom. The number of anilines is 1. The first-order valence-electron chi connectivity index (χ1n) is 8.69. The quantitative estimate of drug-likeness (QED) is 0.599. The SMILES string of the molecule is CCn1ccc(-c2nnc(SCC(=O)Nc3ccccc3OC)n2CC)n1. The summed E-state index contributed by atoms with van der Waals surface area (Å²) in [6.45, 7) is 5.54. The molecule has 0 radical (unpaired) electrons. The molecular formula is C18H22N6O2S. The molecule has 0 aliphatic rings. The third-order valence-corrected chi connectivity index (χ3v) is 4.91. The molecule has 9 heteroatoms. The maximum atomic E-state index is 12.3. The van der Waals surface area contributed by atoms with E-state index in [1.54, 1.807) is 19.2 Å². The third kappa shape index (κ3) is 4.30. The van der Waals surface area contributed by atoms with Crippen molar-refractivity contribution in [1.29, 1.82) is 0 Å². The highest BCUT2D eigenvalue weighted by molar-refractivity contribution is 7.99. The van der Waals surface area contributed by atoms with E-state index >= 15 is 0 Å². The van der Waals surface area contributed by atoms with Gasteiger partial charge in [0.25, 0.3) is 0 Å². The van der Waals surface area contributed by atoms with Crippen molar-refractivity contribution in [3.8, 4) is 17.3 Å². The molecule has 0 atom stereocenters. The minimum absolute atomic E-state index is 0.132. The number of aromatic nitrogens is 5. The number of carbonyl (C=O) groups excluding carboxylic acids is 1. The van der Waals surface area contributed by atoms with E-state index in [0.29, 0.717) is 29.0 Å². The van der Waals surface area contributed by atoms with Crippen molar-refractivity contribution in [3.05, 3.63) is 36.5 Å². The highest BCUT2D eigenvalue weighted by atomic mass is 32.2. The summed E-state index contributed by atoms with van der Waals surface area (Å²) < 4.78 is 9.06. The van der Waals surface area contributed by atoms with Gasteiger partial charge in [-0.25, -0.2) is 0 Å². The molecule has 1 aromatic carbocycles. The van der Waals surface area contributed by atoms with Crippen molar-refractivity contribution in [3.63, 3.8) is 0 Å². The van der Waals surface area contributed by atoms with Gasteiger partial charge in [0.05, 0.1) is 18.6 Å². The topological polar surface area (TPSA) is 86.9 Å². The first-order valence-corrected chi connectivity index (χ1v) is 9.67. The monoisotopic (exact) mass is 386 g/mol. The van der Waals surface area contributed by atoms with Gasteiger partial charge in [0.2, 0.25) is 5.91 Å². The van der Waals surface area contributed by atoms with E-state index in [0.717, 1.165) is 12.2 Å². The number of thioether (sulfide) groups is 1. The zero-order valence-corrected chi connectivity index (χ0v) is 16.4. The van der Waals surface area contributed by atoms with Crippen LogP contribution in [0.2, 0.25) is 0 Å². The van der Waals surface area contributed by atoms with Gasteiger partial charge >= 0.3 is 0 Å². The number of carbonyl (C=O) groups is 1. The van der Waals surface area contributed by atoms with Crippen molar-refractivity contribution in [1.82, 2.24) is 24.5 Å². The molecule has 0 spiro atoms. The smallest absolute Gasteiger partial charge is 0.234 e. The highest BCUT2D eigenvalue weighted by Gasteiger charge is 2.16. The van der Waals surface area contributed by atoms with Crippen LogP contribution in [-0.2, 0) is 17.9 Å². The highest BCUT2D eigenvalue weighted by Crippen LogP contribution is 2.25. The van der Waals surface area contributed by atoms with E-state index in [1.807, 2.05) is 47.5 Å². The fourth-order valence-corrected chi connectivity index (χ4v) is 3.39. The molecule has 0 unspecified atom stereocenters. The average molecular weight is 386 g/mol. The van der Waals surface area contributed by atoms with Crippen LogP contribution in [0.4, 0.5) is 5.69 Å². The predicted molar refractivity (Wildman–Crippen MR) is 105 cm³/mol. The second kappa shape index (κ2) is 8.72. The molecule has 2 heterocycles. The first kappa shape index (κ1) is 19.0. The van der Waals surface area contributed by atoms with Crippen molar-refractivity contribution < 1.29 is 9.53 Å². The second-order valence-electron chi connectivity index (χ2n) is 5.64. The Morgan fingerprint density at radius 1 is 1.19 bits per heavy atom. The second-order valence-corrected chi connectivity index (χ2v) is 6.59. The van der Waals surface area contributed by atoms with Gasteiger partial charge in [-0.1, -0.05) is 23.9 Å². The van der Waals surface area contributed by atoms with Crippen molar-refractivity contribution in [2.45, 2.75) is 32.1 Å². The Labute approximate surface area is 161 Å². The minimum Gasteiger partial charge on any atom is -0.495 e. The molecule has 0 aliphatic heterocycles. The summed E-state index contributed by atoms with van der Waals surface area (Å²) in [6, 6.07) is 9.23. The van der Waals surface area contributed by atoms with Crippen LogP contribution in [0.15, 0.2) is 41.7 Å². The molecule has 27 heavy (non-hydrogen) atoms. The van der Waals surface area contributed by atoms with Crippen LogP contribution in [0, 0.1) is 0 Å². The number of ether oxygens (including phenoxy) is 1. The van der Waals surface area contributed by atoms with Crippen LogP contribution in [0.25, 0.3) is 11.5 Å². The van der Waals surface area contributed by atoms with Crippen molar-refractivity contribution in [2.75, 3.05) is 18.2 Å². The lowest BCUT2D eigenvalue weighted by atomic mass is 10.3. The van der Waals surface area contributed by atoms with Crippen LogP contribution in [0.5, 0.6) is 5.75 Å². The molecule has 3 rings (SSSR count). The zero-order chi connectivity index (χ0) is 19.2. The molecule has 0 bridgehead atoms. The largest absolute Gasteiger partial charge is 0.495 e. The fourth-order valence-electron chi connectivity index (χ4n) is 2.59. The van der Waals surface area contributed by atoms with E-state index in [4.69, 9.17) is 4.74 Å². The van der Waals surface area contributed by atoms with Gasteiger partial charge in [-0.05, 0) is 32.0 Å². The van der Waals surface area contributed by atoms with Crippen LogP contribution >= 0.6 is 11.8 Å². The number of hydrogen-bond acceptors (Lipinski definition) is 6. The number of benzene rings is 1. The van der Waals surface area contributed by atoms with Crippen LogP contribution < -0.4 is 10.1 Å². The Morgan fingerprint density at radius 3 is 2.70 bits per heavy atom. The predicted octanol–water partition coefficient (Wildman–Crippen LogP) is 2.92. The van der Waals surface area contributed by atoms with Crippen LogP contribution in [0.3, 0.4) is 0 Å². The lowest BCUT2D eigenvalue weighted by Crippen LogP contribution is -2.15. The van der Waals surface area contributed by atoms with Gasteiger partial charge in [-0.3, -0.25) is 9.48 Å². The number of amides is 1. The summed E-state index contributed by atoms with van der Waals surface area (Å²) in [6.07, 6.45) is 1.91. The van der Waals surface area contributed by atoms with E-state index in [1.165, 1.54) is 11.8 Å². The van der Waals surface area contributed by atoms with Gasteiger partial charge in [-0.2, -0.15) is 5.10 Å². The molecule has 0 saturated carbocycles. The van der Waals surface area contributed by atoms with Crippen LogP contribution in [0.1, 0.15) is 13.8 Å². The number of para-hydroxylation sites is 2. The Hall–Kier alpha value is -2.81.